The molecule has 0 aromatic carbocycles. The molecule has 2 rings (SSSR count). The van der Waals surface area contributed by atoms with E-state index in [0.29, 0.717) is 0 Å². The Morgan fingerprint density at radius 3 is 0.778 bits per heavy atom. The maximum atomic E-state index is 10.6. The fourth-order valence-electron chi connectivity index (χ4n) is 1.39. The molecule has 0 aromatic heterocycles. The number of hydrogen-bond acceptors (Lipinski definition) is 6. The lowest BCUT2D eigenvalue weighted by Gasteiger charge is -1.96. The van der Waals surface area contributed by atoms with Crippen LogP contribution in [0, 0.1) is 23.7 Å². The third kappa shape index (κ3) is 2.75. The number of hydrogen-bond donors (Lipinski definition) is 0. The molecule has 2 heterocycles. The molecule has 2 fully saturated rings. The third-order valence-electron chi connectivity index (χ3n) is 3.39. The summed E-state index contributed by atoms with van der Waals surface area (Å²) in [6.45, 7) is 6.77. The van der Waals surface area contributed by atoms with Crippen LogP contribution in [0.1, 0.15) is 27.7 Å². The Bertz CT molecular complexity index is 325. The molecule has 6 heteroatoms. The second-order valence-electron chi connectivity index (χ2n) is 4.63. The minimum Gasteiger partial charge on any atom is -0.393 e. The zero-order valence-electron chi connectivity index (χ0n) is 10.8. The third-order valence-corrected chi connectivity index (χ3v) is 3.39. The zero-order valence-corrected chi connectivity index (χ0v) is 10.8. The first-order valence-electron chi connectivity index (χ1n) is 5.76. The first-order chi connectivity index (χ1) is 8.25. The molecule has 0 amide bonds. The predicted octanol–water partition coefficient (Wildman–Crippen LogP) is 0.684. The minimum atomic E-state index is -0.396. The van der Waals surface area contributed by atoms with Gasteiger partial charge < -0.3 is 9.47 Å². The molecule has 0 radical (unpaired) electrons. The molecule has 2 aliphatic rings. The lowest BCUT2D eigenvalue weighted by Crippen LogP contribution is -2.09. The monoisotopic (exact) mass is 256 g/mol. The lowest BCUT2D eigenvalue weighted by atomic mass is 10.00. The molecule has 18 heavy (non-hydrogen) atoms. The highest BCUT2D eigenvalue weighted by atomic mass is 16.6. The van der Waals surface area contributed by atoms with E-state index in [4.69, 9.17) is 0 Å². The fourth-order valence-corrected chi connectivity index (χ4v) is 1.39. The van der Waals surface area contributed by atoms with Gasteiger partial charge in [-0.15, -0.1) is 0 Å². The van der Waals surface area contributed by atoms with E-state index in [1.807, 2.05) is 0 Å². The number of esters is 4. The van der Waals surface area contributed by atoms with Gasteiger partial charge in [-0.3, -0.25) is 19.2 Å². The molecule has 4 atom stereocenters. The minimum absolute atomic E-state index is 0.252. The van der Waals surface area contributed by atoms with Crippen LogP contribution in [-0.2, 0) is 28.7 Å². The van der Waals surface area contributed by atoms with Gasteiger partial charge in [0, 0.05) is 0 Å². The summed E-state index contributed by atoms with van der Waals surface area (Å²) >= 11 is 0. The quantitative estimate of drug-likeness (QED) is 0.468. The molecule has 2 aliphatic heterocycles. The number of cyclic esters (lactones) is 4. The van der Waals surface area contributed by atoms with Gasteiger partial charge in [0.25, 0.3) is 0 Å². The Labute approximate surface area is 105 Å². The zero-order chi connectivity index (χ0) is 14.0. The van der Waals surface area contributed by atoms with Crippen molar-refractivity contribution in [2.45, 2.75) is 27.7 Å². The molecule has 0 aromatic rings. The van der Waals surface area contributed by atoms with Gasteiger partial charge in [0.2, 0.25) is 0 Å². The van der Waals surface area contributed by atoms with Crippen LogP contribution in [0.4, 0.5) is 0 Å². The van der Waals surface area contributed by atoms with Gasteiger partial charge in [-0.1, -0.05) is 27.7 Å². The Morgan fingerprint density at radius 2 is 0.722 bits per heavy atom. The number of ether oxygens (including phenoxy) is 2. The van der Waals surface area contributed by atoms with Crippen LogP contribution in [0.25, 0.3) is 0 Å². The Hall–Kier alpha value is -1.72. The van der Waals surface area contributed by atoms with E-state index in [-0.39, 0.29) is 23.7 Å². The lowest BCUT2D eigenvalue weighted by molar-refractivity contribution is -0.155. The van der Waals surface area contributed by atoms with Crippen molar-refractivity contribution in [2.75, 3.05) is 0 Å². The van der Waals surface area contributed by atoms with Gasteiger partial charge in [0.1, 0.15) is 0 Å². The highest BCUT2D eigenvalue weighted by molar-refractivity contribution is 5.96. The Balaban J connectivity index is 0.000000180. The summed E-state index contributed by atoms with van der Waals surface area (Å²) < 4.78 is 8.62. The predicted molar refractivity (Wildman–Crippen MR) is 58.9 cm³/mol. The summed E-state index contributed by atoms with van der Waals surface area (Å²) in [5.74, 6) is -2.59. The maximum absolute atomic E-state index is 10.6. The molecule has 0 saturated carbocycles. The van der Waals surface area contributed by atoms with Gasteiger partial charge in [0.15, 0.2) is 0 Å². The van der Waals surface area contributed by atoms with E-state index in [1.54, 1.807) is 27.7 Å². The summed E-state index contributed by atoms with van der Waals surface area (Å²) in [5, 5.41) is 0. The SMILES string of the molecule is CC1C(=O)OC(=O)C1C.CC1C(=O)OC(=O)C1C. The smallest absolute Gasteiger partial charge is 0.317 e. The summed E-state index contributed by atoms with van der Waals surface area (Å²) in [7, 11) is 0. The van der Waals surface area contributed by atoms with Crippen molar-refractivity contribution in [3.05, 3.63) is 0 Å². The van der Waals surface area contributed by atoms with E-state index in [0.717, 1.165) is 0 Å². The van der Waals surface area contributed by atoms with Crippen LogP contribution in [0.3, 0.4) is 0 Å². The van der Waals surface area contributed by atoms with Crippen LogP contribution >= 0.6 is 0 Å². The highest BCUT2D eigenvalue weighted by Gasteiger charge is 2.38. The molecule has 0 spiro atoms. The molecular formula is C12H16O6. The molecule has 100 valence electrons. The number of rotatable bonds is 0. The summed E-state index contributed by atoms with van der Waals surface area (Å²) in [6.07, 6.45) is 0. The van der Waals surface area contributed by atoms with Gasteiger partial charge in [-0.05, 0) is 0 Å². The van der Waals surface area contributed by atoms with Crippen LogP contribution < -0.4 is 0 Å². The number of carbonyl (C=O) groups is 4. The molecule has 0 N–H and O–H groups in total. The van der Waals surface area contributed by atoms with Crippen LogP contribution in [-0.4, -0.2) is 23.9 Å². The summed E-state index contributed by atoms with van der Waals surface area (Å²) in [6, 6.07) is 0. The summed E-state index contributed by atoms with van der Waals surface area (Å²) in [5.41, 5.74) is 0. The van der Waals surface area contributed by atoms with E-state index in [2.05, 4.69) is 9.47 Å². The Kier molecular flexibility index (Phi) is 4.21. The Morgan fingerprint density at radius 1 is 0.556 bits per heavy atom. The van der Waals surface area contributed by atoms with Crippen molar-refractivity contribution < 1.29 is 28.7 Å². The molecule has 2 saturated heterocycles. The standard InChI is InChI=1S/2C6H8O3/c2*1-3-4(2)6(8)9-5(3)7/h2*3-4H,1-2H3. The fraction of sp³-hybridized carbons (Fsp3) is 0.667. The van der Waals surface area contributed by atoms with Gasteiger partial charge in [-0.2, -0.15) is 0 Å². The van der Waals surface area contributed by atoms with E-state index in [1.165, 1.54) is 0 Å². The van der Waals surface area contributed by atoms with Crippen LogP contribution in [0.5, 0.6) is 0 Å². The van der Waals surface area contributed by atoms with Crippen molar-refractivity contribution in [3.63, 3.8) is 0 Å². The molecule has 0 bridgehead atoms. The average Bonchev–Trinajstić information content (AvgIpc) is 2.66. The highest BCUT2D eigenvalue weighted by Crippen LogP contribution is 2.22. The van der Waals surface area contributed by atoms with Gasteiger partial charge in [0.05, 0.1) is 23.7 Å². The van der Waals surface area contributed by atoms with Crippen molar-refractivity contribution in [2.24, 2.45) is 23.7 Å². The largest absolute Gasteiger partial charge is 0.393 e. The van der Waals surface area contributed by atoms with E-state index < -0.39 is 23.9 Å². The van der Waals surface area contributed by atoms with Crippen molar-refractivity contribution >= 4 is 23.9 Å². The molecular weight excluding hydrogens is 240 g/mol. The molecule has 0 aliphatic carbocycles. The maximum Gasteiger partial charge on any atom is 0.317 e. The normalized spacial score (nSPS) is 34.9. The molecule has 6 nitrogen and oxygen atoms in total. The van der Waals surface area contributed by atoms with E-state index in [9.17, 15) is 19.2 Å². The molecule has 4 unspecified atom stereocenters. The van der Waals surface area contributed by atoms with Crippen LogP contribution in [0.15, 0.2) is 0 Å². The van der Waals surface area contributed by atoms with Crippen molar-refractivity contribution in [1.82, 2.24) is 0 Å². The van der Waals surface area contributed by atoms with Crippen molar-refractivity contribution in [3.8, 4) is 0 Å². The van der Waals surface area contributed by atoms with Gasteiger partial charge in [-0.25, -0.2) is 0 Å². The van der Waals surface area contributed by atoms with Crippen LogP contribution in [0.2, 0.25) is 0 Å². The average molecular weight is 256 g/mol. The van der Waals surface area contributed by atoms with E-state index >= 15 is 0 Å². The van der Waals surface area contributed by atoms with Gasteiger partial charge >= 0.3 is 23.9 Å². The first kappa shape index (κ1) is 14.3. The summed E-state index contributed by atoms with van der Waals surface area (Å²) in [4.78, 5) is 42.2. The van der Waals surface area contributed by atoms with Crippen molar-refractivity contribution in [1.29, 1.82) is 0 Å². The topological polar surface area (TPSA) is 86.7 Å². The first-order valence-corrected chi connectivity index (χ1v) is 5.76. The second-order valence-corrected chi connectivity index (χ2v) is 4.63. The second kappa shape index (κ2) is 5.29. The number of carbonyl (C=O) groups excluding carboxylic acids is 4.